The van der Waals surface area contributed by atoms with E-state index >= 15 is 8.78 Å². The SMILES string of the molecule is CC(=O)NC[C@H]1CN(c2ccc(N3CCN(C(=O)CCC(=O)c4ccc(CN)cc4)CC3)c(F)c2)C(=O)O1.CC(=O)NC[C@H]1CN(c2ccc(N3CCN(C(=O)CCC(=O)c4ccc(CN=[N+]=[N-])cc4)CC3)c(F)c2)C(=O)O1. The number of ether oxygens (including phenoxy) is 2. The zero-order valence-corrected chi connectivity index (χ0v) is 43.4. The largest absolute Gasteiger partial charge is 0.442 e. The molecule has 0 spiro atoms. The van der Waals surface area contributed by atoms with Crippen LogP contribution in [0.25, 0.3) is 10.4 Å². The quantitative estimate of drug-likeness (QED) is 0.0456. The molecule has 0 aliphatic carbocycles. The minimum atomic E-state index is -0.601. The predicted molar refractivity (Wildman–Crippen MR) is 284 cm³/mol. The van der Waals surface area contributed by atoms with Crippen LogP contribution in [0.3, 0.4) is 0 Å². The maximum Gasteiger partial charge on any atom is 0.414 e. The second kappa shape index (κ2) is 26.9. The fourth-order valence-electron chi connectivity index (χ4n) is 9.21. The van der Waals surface area contributed by atoms with Crippen LogP contribution in [0.4, 0.5) is 41.1 Å². The summed E-state index contributed by atoms with van der Waals surface area (Å²) >= 11 is 0. The van der Waals surface area contributed by atoms with Gasteiger partial charge in [-0.25, -0.2) is 18.4 Å². The first-order valence-corrected chi connectivity index (χ1v) is 25.5. The van der Waals surface area contributed by atoms with Crippen molar-refractivity contribution in [3.05, 3.63) is 129 Å². The molecule has 4 aromatic rings. The number of hydrogen-bond donors (Lipinski definition) is 3. The lowest BCUT2D eigenvalue weighted by molar-refractivity contribution is -0.132. The highest BCUT2D eigenvalue weighted by atomic mass is 19.1. The van der Waals surface area contributed by atoms with E-state index in [1.807, 2.05) is 21.9 Å². The van der Waals surface area contributed by atoms with E-state index in [9.17, 15) is 38.4 Å². The van der Waals surface area contributed by atoms with E-state index in [1.54, 1.807) is 70.5 Å². The molecule has 4 aliphatic rings. The van der Waals surface area contributed by atoms with Gasteiger partial charge in [-0.1, -0.05) is 53.6 Å². The molecule has 6 amide bonds. The van der Waals surface area contributed by atoms with Crippen LogP contribution in [0.2, 0.25) is 0 Å². The number of cyclic esters (lactones) is 2. The molecular weight excluding hydrogens is 1010 g/mol. The molecule has 4 saturated heterocycles. The Labute approximate surface area is 449 Å². The first kappa shape index (κ1) is 57.1. The van der Waals surface area contributed by atoms with Crippen LogP contribution in [0.5, 0.6) is 0 Å². The van der Waals surface area contributed by atoms with Gasteiger partial charge in [-0.3, -0.25) is 38.6 Å². The number of rotatable bonds is 19. The van der Waals surface area contributed by atoms with Crippen LogP contribution in [0.15, 0.2) is 90.0 Å². The van der Waals surface area contributed by atoms with Gasteiger partial charge < -0.3 is 45.4 Å². The number of Topliss-reactive ketones (excluding diaryl/α,β-unsaturated/α-hetero) is 2. The fraction of sp³-hybridized carbons (Fsp3) is 0.407. The topological polar surface area (TPSA) is 273 Å². The van der Waals surface area contributed by atoms with Crippen LogP contribution in [0.1, 0.15) is 71.4 Å². The van der Waals surface area contributed by atoms with Gasteiger partial charge in [0, 0.05) is 114 Å². The maximum atomic E-state index is 15.1. The number of carbonyl (C=O) groups is 8. The van der Waals surface area contributed by atoms with Crippen molar-refractivity contribution >= 4 is 70.1 Å². The Kier molecular flexibility index (Phi) is 19.7. The summed E-state index contributed by atoms with van der Waals surface area (Å²) in [5.41, 5.74) is 18.3. The number of anilines is 4. The number of hydrogen-bond acceptors (Lipinski definition) is 14. The molecule has 2 atom stereocenters. The molecule has 8 rings (SSSR count). The van der Waals surface area contributed by atoms with Crippen LogP contribution in [-0.2, 0) is 41.7 Å². The number of halogens is 2. The summed E-state index contributed by atoms with van der Waals surface area (Å²) in [7, 11) is 0. The van der Waals surface area contributed by atoms with Gasteiger partial charge in [-0.05, 0) is 53.1 Å². The van der Waals surface area contributed by atoms with Gasteiger partial charge in [-0.15, -0.1) is 0 Å². The summed E-state index contributed by atoms with van der Waals surface area (Å²) < 4.78 is 40.6. The van der Waals surface area contributed by atoms with Crippen LogP contribution in [0, 0.1) is 11.6 Å². The minimum absolute atomic E-state index is 0.0788. The van der Waals surface area contributed by atoms with Crippen molar-refractivity contribution < 1.29 is 56.6 Å². The Balaban J connectivity index is 0.000000226. The number of nitrogens with zero attached hydrogens (tertiary/aromatic N) is 9. The molecule has 24 heteroatoms. The van der Waals surface area contributed by atoms with Gasteiger partial charge in [-0.2, -0.15) is 0 Å². The first-order chi connectivity index (χ1) is 37.5. The maximum absolute atomic E-state index is 15.1. The Morgan fingerprint density at radius 3 is 1.36 bits per heavy atom. The number of carbonyl (C=O) groups excluding carboxylic acids is 8. The smallest absolute Gasteiger partial charge is 0.414 e. The van der Waals surface area contributed by atoms with Gasteiger partial charge >= 0.3 is 12.2 Å². The summed E-state index contributed by atoms with van der Waals surface area (Å²) in [5.74, 6) is -1.90. The average molecular weight is 1080 g/mol. The lowest BCUT2D eigenvalue weighted by Gasteiger charge is -2.36. The molecule has 4 aliphatic heterocycles. The summed E-state index contributed by atoms with van der Waals surface area (Å²) in [4.78, 5) is 109. The van der Waals surface area contributed by atoms with Crippen molar-refractivity contribution in [2.24, 2.45) is 10.8 Å². The molecule has 0 unspecified atom stereocenters. The Bertz CT molecular complexity index is 2910. The predicted octanol–water partition coefficient (Wildman–Crippen LogP) is 5.47. The number of ketones is 2. The van der Waals surface area contributed by atoms with Gasteiger partial charge in [0.15, 0.2) is 11.6 Å². The third kappa shape index (κ3) is 15.3. The number of nitrogens with two attached hydrogens (primary N) is 1. The molecule has 4 fully saturated rings. The van der Waals surface area contributed by atoms with Crippen LogP contribution >= 0.6 is 0 Å². The molecule has 0 aromatic heterocycles. The normalized spacial score (nSPS) is 17.1. The highest BCUT2D eigenvalue weighted by Crippen LogP contribution is 2.31. The van der Waals surface area contributed by atoms with E-state index in [1.165, 1.54) is 35.8 Å². The van der Waals surface area contributed by atoms with E-state index in [0.717, 1.165) is 11.1 Å². The van der Waals surface area contributed by atoms with E-state index in [4.69, 9.17) is 20.7 Å². The van der Waals surface area contributed by atoms with Gasteiger partial charge in [0.25, 0.3) is 0 Å². The van der Waals surface area contributed by atoms with E-state index in [-0.39, 0.29) is 93.6 Å². The van der Waals surface area contributed by atoms with Gasteiger partial charge in [0.05, 0.1) is 55.5 Å². The summed E-state index contributed by atoms with van der Waals surface area (Å²) in [6.07, 6.45) is -1.81. The third-order valence-corrected chi connectivity index (χ3v) is 13.6. The van der Waals surface area contributed by atoms with Crippen molar-refractivity contribution in [2.75, 3.05) is 98.1 Å². The first-order valence-electron chi connectivity index (χ1n) is 25.5. The lowest BCUT2D eigenvalue weighted by Crippen LogP contribution is -2.49. The zero-order valence-electron chi connectivity index (χ0n) is 43.4. The van der Waals surface area contributed by atoms with Crippen molar-refractivity contribution in [1.82, 2.24) is 20.4 Å². The van der Waals surface area contributed by atoms with Crippen molar-refractivity contribution in [3.8, 4) is 0 Å². The number of azide groups is 1. The molecule has 412 valence electrons. The monoisotopic (exact) mass is 1080 g/mol. The van der Waals surface area contributed by atoms with E-state index in [2.05, 4.69) is 20.7 Å². The second-order valence-electron chi connectivity index (χ2n) is 18.9. The summed E-state index contributed by atoms with van der Waals surface area (Å²) in [6.45, 7) is 7.51. The molecule has 4 N–H and O–H groups in total. The second-order valence-corrected chi connectivity index (χ2v) is 18.9. The van der Waals surface area contributed by atoms with Crippen molar-refractivity contribution in [1.29, 1.82) is 0 Å². The third-order valence-electron chi connectivity index (χ3n) is 13.6. The average Bonchev–Trinajstić information content (AvgIpc) is 4.02. The highest BCUT2D eigenvalue weighted by molar-refractivity contribution is 5.99. The van der Waals surface area contributed by atoms with Gasteiger partial charge in [0.1, 0.15) is 23.8 Å². The number of nitrogens with one attached hydrogen (secondary N) is 2. The summed E-state index contributed by atoms with van der Waals surface area (Å²) in [6, 6.07) is 22.9. The van der Waals surface area contributed by atoms with Crippen LogP contribution < -0.4 is 36.0 Å². The number of piperazine rings is 2. The van der Waals surface area contributed by atoms with Crippen molar-refractivity contribution in [3.63, 3.8) is 0 Å². The lowest BCUT2D eigenvalue weighted by atomic mass is 10.0. The summed E-state index contributed by atoms with van der Waals surface area (Å²) in [5, 5.41) is 8.70. The fourth-order valence-corrected chi connectivity index (χ4v) is 9.21. The molecule has 78 heavy (non-hydrogen) atoms. The van der Waals surface area contributed by atoms with Gasteiger partial charge in [0.2, 0.25) is 23.6 Å². The molecule has 4 heterocycles. The molecule has 4 aromatic carbocycles. The Morgan fingerprint density at radius 2 is 1.00 bits per heavy atom. The zero-order chi connectivity index (χ0) is 55.9. The highest BCUT2D eigenvalue weighted by Gasteiger charge is 2.35. The number of amides is 6. The molecule has 0 radical (unpaired) electrons. The minimum Gasteiger partial charge on any atom is -0.442 e. The molecule has 22 nitrogen and oxygen atoms in total. The van der Waals surface area contributed by atoms with Crippen LogP contribution in [-0.4, -0.2) is 148 Å². The Hall–Kier alpha value is -8.63. The molecule has 0 bridgehead atoms. The molecule has 0 saturated carbocycles. The van der Waals surface area contributed by atoms with E-state index in [0.29, 0.717) is 92.8 Å². The van der Waals surface area contributed by atoms with E-state index < -0.39 is 36.0 Å². The number of benzene rings is 4. The molecular formula is C54H62F2N12O10. The Morgan fingerprint density at radius 1 is 0.603 bits per heavy atom. The van der Waals surface area contributed by atoms with Crippen molar-refractivity contribution in [2.45, 2.75) is 64.8 Å². The standard InChI is InChI=1S/C27H30FN7O5.C27H32FN5O5/c1-18(36)30-16-22-17-35(27(39)40-22)21-6-7-24(23(28)14-21)33-10-12-34(13-11-33)26(38)9-8-25(37)20-4-2-19(3-5-20)15-31-32-29;1-18(34)30-16-22-17-33(27(37)38-22)21-6-7-24(23(28)14-21)31-10-12-32(13-11-31)26(36)9-8-25(35)20-4-2-19(15-29)3-5-20/h2-7,14,22H,8-13,15-17H2,1H3,(H,30,36);2-7,14,22H,8-13,15-17,29H2,1H3,(H,30,34)/t2*22-/m00/s1.